The quantitative estimate of drug-likeness (QED) is 0.854. The van der Waals surface area contributed by atoms with E-state index in [1.807, 2.05) is 24.3 Å². The Morgan fingerprint density at radius 3 is 2.46 bits per heavy atom. The maximum absolute atomic E-state index is 12.3. The van der Waals surface area contributed by atoms with Crippen molar-refractivity contribution < 1.29 is 13.2 Å². The molecule has 0 heterocycles. The van der Waals surface area contributed by atoms with Gasteiger partial charge in [0.15, 0.2) is 0 Å². The molecule has 1 amide bonds. The van der Waals surface area contributed by atoms with Gasteiger partial charge in [0, 0.05) is 16.6 Å². The molecule has 1 aliphatic carbocycles. The van der Waals surface area contributed by atoms with Gasteiger partial charge in [-0.2, -0.15) is 0 Å². The first-order chi connectivity index (χ1) is 11.3. The Morgan fingerprint density at radius 1 is 1.17 bits per heavy atom. The van der Waals surface area contributed by atoms with Crippen LogP contribution in [0.15, 0.2) is 48.5 Å². The Labute approximate surface area is 145 Å². The van der Waals surface area contributed by atoms with Crippen molar-refractivity contribution in [3.63, 3.8) is 0 Å². The summed E-state index contributed by atoms with van der Waals surface area (Å²) in [5, 5.41) is 8.54. The number of rotatable bonds is 5. The number of primary sulfonamides is 1. The summed E-state index contributed by atoms with van der Waals surface area (Å²) < 4.78 is 22.1. The van der Waals surface area contributed by atoms with E-state index in [9.17, 15) is 13.2 Å². The second-order valence-corrected chi connectivity index (χ2v) is 7.99. The SMILES string of the molecule is NS(=O)(=O)Cc1ccc(NC(=O)C2CC2c2ccccc2Cl)cc1. The van der Waals surface area contributed by atoms with Crippen molar-refractivity contribution in [2.45, 2.75) is 18.1 Å². The minimum absolute atomic E-state index is 0.0564. The topological polar surface area (TPSA) is 89.3 Å². The number of carbonyl (C=O) groups is 1. The number of hydrogen-bond acceptors (Lipinski definition) is 3. The van der Waals surface area contributed by atoms with Crippen LogP contribution < -0.4 is 10.5 Å². The first kappa shape index (κ1) is 17.0. The Kier molecular flexibility index (Phi) is 4.62. The molecular weight excluding hydrogens is 348 g/mol. The van der Waals surface area contributed by atoms with Gasteiger partial charge in [0.1, 0.15) is 0 Å². The van der Waals surface area contributed by atoms with E-state index in [1.54, 1.807) is 24.3 Å². The monoisotopic (exact) mass is 364 g/mol. The summed E-state index contributed by atoms with van der Waals surface area (Å²) in [5.41, 5.74) is 2.21. The number of carbonyl (C=O) groups excluding carboxylic acids is 1. The molecule has 7 heteroatoms. The Balaban J connectivity index is 1.61. The second kappa shape index (κ2) is 6.55. The van der Waals surface area contributed by atoms with E-state index >= 15 is 0 Å². The third-order valence-corrected chi connectivity index (χ3v) is 5.10. The van der Waals surface area contributed by atoms with Gasteiger partial charge in [0.05, 0.1) is 5.75 Å². The number of halogens is 1. The standard InChI is InChI=1S/C17H17ClN2O3S/c18-16-4-2-1-3-13(16)14-9-15(14)17(21)20-12-7-5-11(6-8-12)10-24(19,22)23/h1-8,14-15H,9-10H2,(H,20,21)(H2,19,22,23). The number of anilines is 1. The van der Waals surface area contributed by atoms with Crippen molar-refractivity contribution in [2.24, 2.45) is 11.1 Å². The molecule has 2 aromatic rings. The summed E-state index contributed by atoms with van der Waals surface area (Å²) >= 11 is 6.17. The summed E-state index contributed by atoms with van der Waals surface area (Å²) in [5.74, 6) is -0.216. The lowest BCUT2D eigenvalue weighted by atomic mass is 10.1. The van der Waals surface area contributed by atoms with Gasteiger partial charge in [-0.25, -0.2) is 13.6 Å². The third-order valence-electron chi connectivity index (χ3n) is 4.02. The van der Waals surface area contributed by atoms with Crippen molar-refractivity contribution in [2.75, 3.05) is 5.32 Å². The van der Waals surface area contributed by atoms with Gasteiger partial charge >= 0.3 is 0 Å². The van der Waals surface area contributed by atoms with Crippen LogP contribution in [0.25, 0.3) is 0 Å². The first-order valence-electron chi connectivity index (χ1n) is 7.48. The number of hydrogen-bond donors (Lipinski definition) is 2. The van der Waals surface area contributed by atoms with Gasteiger partial charge in [-0.05, 0) is 41.7 Å². The van der Waals surface area contributed by atoms with Crippen LogP contribution in [-0.4, -0.2) is 14.3 Å². The molecule has 2 unspecified atom stereocenters. The van der Waals surface area contributed by atoms with Crippen LogP contribution >= 0.6 is 11.6 Å². The van der Waals surface area contributed by atoms with Crippen LogP contribution in [0.1, 0.15) is 23.5 Å². The van der Waals surface area contributed by atoms with E-state index in [0.29, 0.717) is 16.3 Å². The molecule has 0 radical (unpaired) electrons. The van der Waals surface area contributed by atoms with E-state index in [2.05, 4.69) is 5.32 Å². The van der Waals surface area contributed by atoms with Crippen LogP contribution in [0, 0.1) is 5.92 Å². The van der Waals surface area contributed by atoms with Gasteiger partial charge in [0.25, 0.3) is 0 Å². The predicted octanol–water partition coefficient (Wildman–Crippen LogP) is 2.87. The average molecular weight is 365 g/mol. The molecule has 2 aromatic carbocycles. The Hall–Kier alpha value is -1.89. The zero-order valence-corrected chi connectivity index (χ0v) is 14.3. The van der Waals surface area contributed by atoms with Crippen molar-refractivity contribution >= 4 is 33.2 Å². The van der Waals surface area contributed by atoms with Crippen molar-refractivity contribution in [3.8, 4) is 0 Å². The van der Waals surface area contributed by atoms with Crippen LogP contribution in [0.2, 0.25) is 5.02 Å². The van der Waals surface area contributed by atoms with Gasteiger partial charge in [-0.15, -0.1) is 0 Å². The number of nitrogens with one attached hydrogen (secondary N) is 1. The van der Waals surface area contributed by atoms with Gasteiger partial charge in [-0.1, -0.05) is 41.9 Å². The molecule has 24 heavy (non-hydrogen) atoms. The lowest BCUT2D eigenvalue weighted by molar-refractivity contribution is -0.117. The lowest BCUT2D eigenvalue weighted by Crippen LogP contribution is -2.15. The molecule has 126 valence electrons. The van der Waals surface area contributed by atoms with Gasteiger partial charge < -0.3 is 5.32 Å². The predicted molar refractivity (Wildman–Crippen MR) is 94.2 cm³/mol. The highest BCUT2D eigenvalue weighted by Crippen LogP contribution is 2.49. The van der Waals surface area contributed by atoms with E-state index in [4.69, 9.17) is 16.7 Å². The fourth-order valence-electron chi connectivity index (χ4n) is 2.76. The van der Waals surface area contributed by atoms with Crippen LogP contribution in [0.5, 0.6) is 0 Å². The molecular formula is C17H17ClN2O3S. The van der Waals surface area contributed by atoms with Gasteiger partial charge in [-0.3, -0.25) is 4.79 Å². The highest BCUT2D eigenvalue weighted by molar-refractivity contribution is 7.88. The maximum atomic E-state index is 12.3. The molecule has 0 spiro atoms. The number of amides is 1. The van der Waals surface area contributed by atoms with Crippen LogP contribution in [-0.2, 0) is 20.6 Å². The molecule has 1 saturated carbocycles. The number of benzene rings is 2. The molecule has 1 fully saturated rings. The van der Waals surface area contributed by atoms with E-state index in [1.165, 1.54) is 0 Å². The smallest absolute Gasteiger partial charge is 0.228 e. The zero-order valence-electron chi connectivity index (χ0n) is 12.8. The second-order valence-electron chi connectivity index (χ2n) is 5.96. The third kappa shape index (κ3) is 4.14. The minimum Gasteiger partial charge on any atom is -0.326 e. The molecule has 0 aliphatic heterocycles. The summed E-state index contributed by atoms with van der Waals surface area (Å²) in [6, 6.07) is 14.2. The molecule has 5 nitrogen and oxygen atoms in total. The van der Waals surface area contributed by atoms with Gasteiger partial charge in [0.2, 0.25) is 15.9 Å². The highest BCUT2D eigenvalue weighted by atomic mass is 35.5. The van der Waals surface area contributed by atoms with E-state index < -0.39 is 10.0 Å². The lowest BCUT2D eigenvalue weighted by Gasteiger charge is -2.07. The van der Waals surface area contributed by atoms with Crippen molar-refractivity contribution in [1.82, 2.24) is 0 Å². The fraction of sp³-hybridized carbons (Fsp3) is 0.235. The molecule has 3 rings (SSSR count). The van der Waals surface area contributed by atoms with Crippen molar-refractivity contribution in [3.05, 3.63) is 64.7 Å². The molecule has 0 bridgehead atoms. The summed E-state index contributed by atoms with van der Waals surface area (Å²) in [4.78, 5) is 12.3. The normalized spacial score (nSPS) is 19.8. The van der Waals surface area contributed by atoms with E-state index in [-0.39, 0.29) is 23.5 Å². The minimum atomic E-state index is -3.56. The molecule has 2 atom stereocenters. The molecule has 0 aromatic heterocycles. The highest BCUT2D eigenvalue weighted by Gasteiger charge is 2.44. The summed E-state index contributed by atoms with van der Waals surface area (Å²) in [7, 11) is -3.56. The summed E-state index contributed by atoms with van der Waals surface area (Å²) in [6.45, 7) is 0. The van der Waals surface area contributed by atoms with E-state index in [0.717, 1.165) is 12.0 Å². The maximum Gasteiger partial charge on any atom is 0.228 e. The zero-order chi connectivity index (χ0) is 17.3. The largest absolute Gasteiger partial charge is 0.326 e. The number of sulfonamides is 1. The average Bonchev–Trinajstić information content (AvgIpc) is 3.29. The van der Waals surface area contributed by atoms with Crippen molar-refractivity contribution in [1.29, 1.82) is 0 Å². The molecule has 1 aliphatic rings. The van der Waals surface area contributed by atoms with Crippen LogP contribution in [0.3, 0.4) is 0 Å². The molecule has 3 N–H and O–H groups in total. The summed E-state index contributed by atoms with van der Waals surface area (Å²) in [6.07, 6.45) is 0.777. The Morgan fingerprint density at radius 2 is 1.83 bits per heavy atom. The number of nitrogens with two attached hydrogens (primary N) is 1. The fourth-order valence-corrected chi connectivity index (χ4v) is 3.69. The Bertz CT molecular complexity index is 866. The first-order valence-corrected chi connectivity index (χ1v) is 9.57. The van der Waals surface area contributed by atoms with Crippen LogP contribution in [0.4, 0.5) is 5.69 Å². The molecule has 0 saturated heterocycles.